The van der Waals surface area contributed by atoms with E-state index in [0.29, 0.717) is 6.42 Å². The highest BCUT2D eigenvalue weighted by Crippen LogP contribution is 2.08. The summed E-state index contributed by atoms with van der Waals surface area (Å²) in [6.07, 6.45) is 2.21. The van der Waals surface area contributed by atoms with E-state index in [1.165, 1.54) is 0 Å². The number of anilines is 1. The van der Waals surface area contributed by atoms with Crippen molar-refractivity contribution >= 4 is 11.6 Å². The number of benzene rings is 1. The molecule has 0 aliphatic rings. The van der Waals surface area contributed by atoms with Crippen LogP contribution in [0.4, 0.5) is 5.69 Å². The fourth-order valence-corrected chi connectivity index (χ4v) is 1.88. The summed E-state index contributed by atoms with van der Waals surface area (Å²) in [5.74, 6) is 0.105. The number of aryl methyl sites for hydroxylation is 1. The number of carbonyl (C=O) groups is 1. The molecule has 106 valence electrons. The van der Waals surface area contributed by atoms with E-state index in [9.17, 15) is 4.79 Å². The van der Waals surface area contributed by atoms with Crippen LogP contribution < -0.4 is 11.1 Å². The van der Waals surface area contributed by atoms with Crippen LogP contribution in [0.3, 0.4) is 0 Å². The molecule has 1 rings (SSSR count). The summed E-state index contributed by atoms with van der Waals surface area (Å²) in [5.41, 5.74) is 7.56. The quantitative estimate of drug-likeness (QED) is 0.736. The first-order chi connectivity index (χ1) is 8.97. The molecule has 0 aliphatic heterocycles. The molecule has 0 heterocycles. The lowest BCUT2D eigenvalue weighted by atomic mass is 10.1. The fraction of sp³-hybridized carbons (Fsp3) is 0.533. The molecule has 0 fully saturated rings. The zero-order chi connectivity index (χ0) is 14.3. The molecule has 1 aromatic carbocycles. The van der Waals surface area contributed by atoms with Crippen LogP contribution in [0.1, 0.15) is 25.3 Å². The van der Waals surface area contributed by atoms with E-state index in [-0.39, 0.29) is 11.9 Å². The van der Waals surface area contributed by atoms with Crippen LogP contribution in [0, 0.1) is 0 Å². The number of rotatable bonds is 7. The van der Waals surface area contributed by atoms with E-state index < -0.39 is 0 Å². The average molecular weight is 263 g/mol. The Hall–Kier alpha value is -1.55. The zero-order valence-electron chi connectivity index (χ0n) is 12.1. The maximum absolute atomic E-state index is 11.8. The van der Waals surface area contributed by atoms with Crippen LogP contribution in [-0.2, 0) is 11.2 Å². The standard InChI is InChI=1S/C15H25N3O/c1-12(9-10-18(2)3)17-15(19)8-7-13-5-4-6-14(16)11-13/h4-6,11-12H,7-10,16H2,1-3H3,(H,17,19). The fourth-order valence-electron chi connectivity index (χ4n) is 1.88. The molecule has 0 saturated carbocycles. The second kappa shape index (κ2) is 7.79. The van der Waals surface area contributed by atoms with Gasteiger partial charge in [0.1, 0.15) is 0 Å². The van der Waals surface area contributed by atoms with Crippen LogP contribution in [0.5, 0.6) is 0 Å². The van der Waals surface area contributed by atoms with Gasteiger partial charge in [0, 0.05) is 18.2 Å². The number of hydrogen-bond donors (Lipinski definition) is 2. The molecular weight excluding hydrogens is 238 g/mol. The van der Waals surface area contributed by atoms with Gasteiger partial charge in [0.2, 0.25) is 5.91 Å². The maximum Gasteiger partial charge on any atom is 0.220 e. The lowest BCUT2D eigenvalue weighted by Crippen LogP contribution is -2.34. The summed E-state index contributed by atoms with van der Waals surface area (Å²) in [7, 11) is 4.07. The largest absolute Gasteiger partial charge is 0.399 e. The molecule has 19 heavy (non-hydrogen) atoms. The highest BCUT2D eigenvalue weighted by Gasteiger charge is 2.07. The predicted octanol–water partition coefficient (Wildman–Crippen LogP) is 1.66. The molecule has 3 N–H and O–H groups in total. The number of amides is 1. The summed E-state index contributed by atoms with van der Waals surface area (Å²) >= 11 is 0. The Balaban J connectivity index is 2.27. The van der Waals surface area contributed by atoms with Gasteiger partial charge in [0.15, 0.2) is 0 Å². The van der Waals surface area contributed by atoms with Gasteiger partial charge < -0.3 is 16.0 Å². The number of nitrogen functional groups attached to an aromatic ring is 1. The van der Waals surface area contributed by atoms with Crippen molar-refractivity contribution in [3.05, 3.63) is 29.8 Å². The number of carbonyl (C=O) groups excluding carboxylic acids is 1. The normalized spacial score (nSPS) is 12.4. The monoisotopic (exact) mass is 263 g/mol. The van der Waals surface area contributed by atoms with Gasteiger partial charge in [-0.15, -0.1) is 0 Å². The first-order valence-electron chi connectivity index (χ1n) is 6.76. The van der Waals surface area contributed by atoms with Crippen LogP contribution in [-0.4, -0.2) is 37.5 Å². The molecule has 1 atom stereocenters. The zero-order valence-corrected chi connectivity index (χ0v) is 12.1. The van der Waals surface area contributed by atoms with E-state index in [4.69, 9.17) is 5.73 Å². The molecule has 4 nitrogen and oxygen atoms in total. The third-order valence-corrected chi connectivity index (χ3v) is 3.01. The van der Waals surface area contributed by atoms with Crippen LogP contribution in [0.2, 0.25) is 0 Å². The summed E-state index contributed by atoms with van der Waals surface area (Å²) in [4.78, 5) is 13.9. The minimum atomic E-state index is 0.105. The first kappa shape index (κ1) is 15.5. The Morgan fingerprint density at radius 1 is 1.42 bits per heavy atom. The maximum atomic E-state index is 11.8. The Morgan fingerprint density at radius 3 is 2.79 bits per heavy atom. The minimum Gasteiger partial charge on any atom is -0.399 e. The van der Waals surface area contributed by atoms with Gasteiger partial charge in [-0.2, -0.15) is 0 Å². The molecular formula is C15H25N3O. The molecule has 0 aliphatic carbocycles. The van der Waals surface area contributed by atoms with Gasteiger partial charge in [-0.25, -0.2) is 0 Å². The lowest BCUT2D eigenvalue weighted by Gasteiger charge is -2.16. The number of hydrogen-bond acceptors (Lipinski definition) is 3. The van der Waals surface area contributed by atoms with Crippen molar-refractivity contribution in [3.8, 4) is 0 Å². The minimum absolute atomic E-state index is 0.105. The Kier molecular flexibility index (Phi) is 6.36. The summed E-state index contributed by atoms with van der Waals surface area (Å²) in [6.45, 7) is 3.03. The Labute approximate surface area is 116 Å². The third-order valence-electron chi connectivity index (χ3n) is 3.01. The second-order valence-corrected chi connectivity index (χ2v) is 5.31. The molecule has 1 amide bonds. The lowest BCUT2D eigenvalue weighted by molar-refractivity contribution is -0.121. The van der Waals surface area contributed by atoms with Crippen molar-refractivity contribution in [2.75, 3.05) is 26.4 Å². The number of nitrogens with one attached hydrogen (secondary N) is 1. The van der Waals surface area contributed by atoms with Gasteiger partial charge in [-0.05, 0) is 58.1 Å². The van der Waals surface area contributed by atoms with Gasteiger partial charge in [-0.1, -0.05) is 12.1 Å². The van der Waals surface area contributed by atoms with Gasteiger partial charge in [-0.3, -0.25) is 4.79 Å². The average Bonchev–Trinajstić information content (AvgIpc) is 2.34. The molecule has 0 saturated heterocycles. The van der Waals surface area contributed by atoms with Crippen molar-refractivity contribution in [2.24, 2.45) is 0 Å². The number of nitrogens with two attached hydrogens (primary N) is 1. The SMILES string of the molecule is CC(CCN(C)C)NC(=O)CCc1cccc(N)c1. The van der Waals surface area contributed by atoms with Gasteiger partial charge >= 0.3 is 0 Å². The molecule has 0 radical (unpaired) electrons. The number of nitrogens with zero attached hydrogens (tertiary/aromatic N) is 1. The summed E-state index contributed by atoms with van der Waals surface area (Å²) in [6, 6.07) is 7.91. The molecule has 0 spiro atoms. The summed E-state index contributed by atoms with van der Waals surface area (Å²) in [5, 5.41) is 3.02. The summed E-state index contributed by atoms with van der Waals surface area (Å²) < 4.78 is 0. The van der Waals surface area contributed by atoms with Gasteiger partial charge in [0.25, 0.3) is 0 Å². The van der Waals surface area contributed by atoms with E-state index in [2.05, 4.69) is 10.2 Å². The van der Waals surface area contributed by atoms with Gasteiger partial charge in [0.05, 0.1) is 0 Å². The Bertz CT molecular complexity index is 404. The molecule has 1 unspecified atom stereocenters. The smallest absolute Gasteiger partial charge is 0.220 e. The van der Waals surface area contributed by atoms with Crippen molar-refractivity contribution in [2.45, 2.75) is 32.2 Å². The second-order valence-electron chi connectivity index (χ2n) is 5.31. The molecule has 1 aromatic rings. The van der Waals surface area contributed by atoms with Crippen molar-refractivity contribution in [1.29, 1.82) is 0 Å². The highest BCUT2D eigenvalue weighted by molar-refractivity contribution is 5.76. The topological polar surface area (TPSA) is 58.4 Å². The van der Waals surface area contributed by atoms with E-state index in [0.717, 1.165) is 30.6 Å². The van der Waals surface area contributed by atoms with E-state index >= 15 is 0 Å². The van der Waals surface area contributed by atoms with Crippen LogP contribution in [0.15, 0.2) is 24.3 Å². The first-order valence-corrected chi connectivity index (χ1v) is 6.76. The van der Waals surface area contributed by atoms with E-state index in [1.807, 2.05) is 45.3 Å². The Morgan fingerprint density at radius 2 is 2.16 bits per heavy atom. The molecule has 4 heteroatoms. The van der Waals surface area contributed by atoms with E-state index in [1.54, 1.807) is 0 Å². The van der Waals surface area contributed by atoms with Crippen molar-refractivity contribution in [1.82, 2.24) is 10.2 Å². The van der Waals surface area contributed by atoms with Crippen LogP contribution >= 0.6 is 0 Å². The molecule has 0 aromatic heterocycles. The molecule has 0 bridgehead atoms. The highest BCUT2D eigenvalue weighted by atomic mass is 16.1. The van der Waals surface area contributed by atoms with Crippen molar-refractivity contribution in [3.63, 3.8) is 0 Å². The van der Waals surface area contributed by atoms with Crippen LogP contribution in [0.25, 0.3) is 0 Å². The third kappa shape index (κ3) is 6.82. The van der Waals surface area contributed by atoms with Crippen molar-refractivity contribution < 1.29 is 4.79 Å². The predicted molar refractivity (Wildman–Crippen MR) is 80.0 cm³/mol.